The van der Waals surface area contributed by atoms with Gasteiger partial charge in [0.15, 0.2) is 12.2 Å². The highest BCUT2D eigenvalue weighted by atomic mass is 16.6. The summed E-state index contributed by atoms with van der Waals surface area (Å²) in [5.41, 5.74) is 1.21. The fourth-order valence-corrected chi connectivity index (χ4v) is 4.11. The molecule has 8 heteroatoms. The maximum Gasteiger partial charge on any atom is 0.339 e. The highest BCUT2D eigenvalue weighted by Gasteiger charge is 2.39. The molecule has 2 atom stereocenters. The molecule has 0 saturated carbocycles. The molecule has 0 heterocycles. The van der Waals surface area contributed by atoms with Gasteiger partial charge in [-0.05, 0) is 62.4 Å². The normalized spacial score (nSPS) is 13.0. The van der Waals surface area contributed by atoms with Crippen LogP contribution in [0.5, 0.6) is 0 Å². The highest BCUT2D eigenvalue weighted by molar-refractivity contribution is 5.86. The first-order valence-corrected chi connectivity index (χ1v) is 14.1. The Hall–Kier alpha value is -4.01. The molecule has 0 aliphatic heterocycles. The molecular weight excluding hydrogens is 536 g/mol. The Morgan fingerprint density at radius 1 is 0.762 bits per heavy atom. The van der Waals surface area contributed by atoms with Crippen LogP contribution in [0.15, 0.2) is 84.9 Å². The number of carbonyl (C=O) groups excluding carboxylic acids is 3. The summed E-state index contributed by atoms with van der Waals surface area (Å²) in [6, 6.07) is 23.7. The molecule has 0 N–H and O–H groups in total. The van der Waals surface area contributed by atoms with E-state index in [0.29, 0.717) is 0 Å². The fraction of sp³-hybridized carbons (Fsp3) is 0.382. The van der Waals surface area contributed by atoms with E-state index in [1.165, 1.54) is 16.3 Å². The number of rotatable bonds is 15. The Kier molecular flexibility index (Phi) is 12.7. The van der Waals surface area contributed by atoms with Gasteiger partial charge in [0.25, 0.3) is 0 Å². The van der Waals surface area contributed by atoms with Crippen molar-refractivity contribution in [1.29, 1.82) is 0 Å². The lowest BCUT2D eigenvalue weighted by Crippen LogP contribution is -2.46. The van der Waals surface area contributed by atoms with E-state index in [0.717, 1.165) is 18.4 Å². The van der Waals surface area contributed by atoms with E-state index in [1.807, 2.05) is 36.4 Å². The molecule has 3 aromatic carbocycles. The van der Waals surface area contributed by atoms with Crippen molar-refractivity contribution in [3.8, 4) is 0 Å². The molecule has 8 nitrogen and oxygen atoms in total. The lowest BCUT2D eigenvalue weighted by atomic mass is 10.0. The van der Waals surface area contributed by atoms with E-state index in [2.05, 4.69) is 30.3 Å². The van der Waals surface area contributed by atoms with Crippen LogP contribution in [0.4, 0.5) is 0 Å². The summed E-state index contributed by atoms with van der Waals surface area (Å²) in [7, 11) is 0. The van der Waals surface area contributed by atoms with Crippen molar-refractivity contribution >= 4 is 28.7 Å². The minimum atomic E-state index is -1.55. The number of allylic oxidation sites excluding steroid dienone is 1. The lowest BCUT2D eigenvalue weighted by Gasteiger charge is -2.25. The summed E-state index contributed by atoms with van der Waals surface area (Å²) in [6.45, 7) is 6.25. The molecule has 0 aromatic heterocycles. The molecule has 0 saturated heterocycles. The van der Waals surface area contributed by atoms with Crippen molar-refractivity contribution in [3.05, 3.63) is 96.1 Å². The summed E-state index contributed by atoms with van der Waals surface area (Å²) in [5.74, 6) is -2.35. The number of aryl methyl sites for hydroxylation is 1. The topological polar surface area (TPSA) is 97.4 Å². The van der Waals surface area contributed by atoms with Gasteiger partial charge in [0.2, 0.25) is 0 Å². The molecule has 0 fully saturated rings. The van der Waals surface area contributed by atoms with Gasteiger partial charge in [0, 0.05) is 0 Å². The average Bonchev–Trinajstić information content (AvgIpc) is 2.96. The summed E-state index contributed by atoms with van der Waals surface area (Å²) in [6.07, 6.45) is 2.29. The summed E-state index contributed by atoms with van der Waals surface area (Å²) in [4.78, 5) is 38.4. The van der Waals surface area contributed by atoms with E-state index in [9.17, 15) is 14.4 Å². The van der Waals surface area contributed by atoms with Gasteiger partial charge in [-0.2, -0.15) is 0 Å². The Morgan fingerprint density at radius 3 is 2.14 bits per heavy atom. The highest BCUT2D eigenvalue weighted by Crippen LogP contribution is 2.17. The third-order valence-electron chi connectivity index (χ3n) is 6.00. The van der Waals surface area contributed by atoms with Crippen LogP contribution in [0.1, 0.15) is 45.2 Å². The molecule has 0 spiro atoms. The van der Waals surface area contributed by atoms with Gasteiger partial charge in [0.1, 0.15) is 18.8 Å². The third-order valence-corrected chi connectivity index (χ3v) is 6.00. The van der Waals surface area contributed by atoms with Crippen molar-refractivity contribution in [3.63, 3.8) is 0 Å². The number of esters is 3. The third kappa shape index (κ3) is 11.1. The second-order valence-electron chi connectivity index (χ2n) is 10.6. The van der Waals surface area contributed by atoms with Crippen molar-refractivity contribution in [1.82, 2.24) is 0 Å². The number of ether oxygens (including phenoxy) is 5. The number of benzene rings is 3. The fourth-order valence-electron chi connectivity index (χ4n) is 4.11. The summed E-state index contributed by atoms with van der Waals surface area (Å²) in [5, 5.41) is 2.39. The standard InChI is InChI=1S/C34H40O8/c1-5-38-32(36)30(39-21-13-7-10-14-25-19-20-27-17-11-12-18-28(27)22-25)31(40-24-29(35)42-34(2,3)4)33(37)41-23-26-15-8-6-9-16-26/h6-9,11-13,15-20,22,30-31H,5,10,14,21,23-24H2,1-4H3/t30-,31-/m1/s1. The van der Waals surface area contributed by atoms with Crippen molar-refractivity contribution in [2.45, 2.75) is 65.0 Å². The van der Waals surface area contributed by atoms with Crippen molar-refractivity contribution < 1.29 is 38.1 Å². The van der Waals surface area contributed by atoms with E-state index in [-0.39, 0.29) is 19.8 Å². The van der Waals surface area contributed by atoms with E-state index >= 15 is 0 Å². The van der Waals surface area contributed by atoms with Crippen LogP contribution in [0.3, 0.4) is 0 Å². The molecule has 0 radical (unpaired) electrons. The molecular formula is C34H40O8. The second-order valence-corrected chi connectivity index (χ2v) is 10.6. The molecule has 0 bridgehead atoms. The van der Waals surface area contributed by atoms with Crippen LogP contribution < -0.4 is 0 Å². The zero-order chi connectivity index (χ0) is 30.4. The molecule has 3 aromatic rings. The Bertz CT molecular complexity index is 1330. The first kappa shape index (κ1) is 32.5. The Labute approximate surface area is 247 Å². The van der Waals surface area contributed by atoms with Crippen molar-refractivity contribution in [2.75, 3.05) is 19.8 Å². The molecule has 0 aliphatic rings. The van der Waals surface area contributed by atoms with Gasteiger partial charge in [-0.3, -0.25) is 0 Å². The predicted octanol–water partition coefficient (Wildman–Crippen LogP) is 5.75. The van der Waals surface area contributed by atoms with Gasteiger partial charge in [-0.15, -0.1) is 0 Å². The van der Waals surface area contributed by atoms with Crippen LogP contribution >= 0.6 is 0 Å². The van der Waals surface area contributed by atoms with Crippen molar-refractivity contribution in [2.24, 2.45) is 0 Å². The smallest absolute Gasteiger partial charge is 0.339 e. The van der Waals surface area contributed by atoms with E-state index in [4.69, 9.17) is 23.7 Å². The number of carbonyl (C=O) groups is 3. The monoisotopic (exact) mass is 576 g/mol. The van der Waals surface area contributed by atoms with Crippen LogP contribution in [-0.2, 0) is 51.1 Å². The zero-order valence-electron chi connectivity index (χ0n) is 24.7. The first-order chi connectivity index (χ1) is 20.2. The largest absolute Gasteiger partial charge is 0.464 e. The quantitative estimate of drug-likeness (QED) is 0.128. The average molecular weight is 577 g/mol. The number of hydrogen-bond donors (Lipinski definition) is 0. The predicted molar refractivity (Wildman–Crippen MR) is 160 cm³/mol. The van der Waals surface area contributed by atoms with E-state index < -0.39 is 42.3 Å². The summed E-state index contributed by atoms with van der Waals surface area (Å²) >= 11 is 0. The maximum atomic E-state index is 13.1. The minimum absolute atomic E-state index is 0.0134. The van der Waals surface area contributed by atoms with E-state index in [1.54, 1.807) is 45.9 Å². The van der Waals surface area contributed by atoms with Gasteiger partial charge < -0.3 is 23.7 Å². The molecule has 42 heavy (non-hydrogen) atoms. The Morgan fingerprint density at radius 2 is 1.43 bits per heavy atom. The van der Waals surface area contributed by atoms with Crippen LogP contribution in [-0.4, -0.2) is 55.5 Å². The van der Waals surface area contributed by atoms with Gasteiger partial charge in [0.05, 0.1) is 13.2 Å². The maximum absolute atomic E-state index is 13.1. The minimum Gasteiger partial charge on any atom is -0.464 e. The first-order valence-electron chi connectivity index (χ1n) is 14.1. The van der Waals surface area contributed by atoms with Crippen LogP contribution in [0.25, 0.3) is 10.8 Å². The van der Waals surface area contributed by atoms with Crippen LogP contribution in [0, 0.1) is 0 Å². The molecule has 224 valence electrons. The molecule has 0 amide bonds. The summed E-state index contributed by atoms with van der Waals surface area (Å²) < 4.78 is 27.3. The molecule has 0 aliphatic carbocycles. The second kappa shape index (κ2) is 16.4. The molecule has 0 unspecified atom stereocenters. The number of hydrogen-bond acceptors (Lipinski definition) is 8. The van der Waals surface area contributed by atoms with Crippen LogP contribution in [0.2, 0.25) is 0 Å². The Balaban J connectivity index is 1.65. The number of fused-ring (bicyclic) bond motifs is 1. The lowest BCUT2D eigenvalue weighted by molar-refractivity contribution is -0.188. The zero-order valence-corrected chi connectivity index (χ0v) is 24.7. The van der Waals surface area contributed by atoms with Gasteiger partial charge >= 0.3 is 17.9 Å². The van der Waals surface area contributed by atoms with Gasteiger partial charge in [-0.25, -0.2) is 14.4 Å². The molecule has 3 rings (SSSR count). The van der Waals surface area contributed by atoms with Gasteiger partial charge in [-0.1, -0.05) is 84.9 Å². The SMILES string of the molecule is CCOC(=O)[C@H](OCC=CCCc1ccc2ccccc2c1)[C@@H](OCC(=O)OC(C)(C)C)C(=O)OCc1ccccc1.